The van der Waals surface area contributed by atoms with Crippen LogP contribution in [-0.2, 0) is 19.6 Å². The van der Waals surface area contributed by atoms with Crippen molar-refractivity contribution in [3.63, 3.8) is 0 Å². The van der Waals surface area contributed by atoms with Crippen molar-refractivity contribution in [1.82, 2.24) is 9.62 Å². The van der Waals surface area contributed by atoms with E-state index in [1.54, 1.807) is 4.90 Å². The highest BCUT2D eigenvalue weighted by molar-refractivity contribution is 7.88. The number of sulfonamides is 1. The number of nitrogens with one attached hydrogen (secondary N) is 1. The van der Waals surface area contributed by atoms with Gasteiger partial charge in [0.25, 0.3) is 0 Å². The highest BCUT2D eigenvalue weighted by Gasteiger charge is 2.30. The number of rotatable bonds is 6. The van der Waals surface area contributed by atoms with Gasteiger partial charge in [-0.25, -0.2) is 13.1 Å². The minimum atomic E-state index is -3.40. The Kier molecular flexibility index (Phi) is 6.42. The predicted octanol–water partition coefficient (Wildman–Crippen LogP) is 0.588. The van der Waals surface area contributed by atoms with Gasteiger partial charge < -0.3 is 9.64 Å². The lowest BCUT2D eigenvalue weighted by Crippen LogP contribution is -2.53. The van der Waals surface area contributed by atoms with Crippen molar-refractivity contribution in [3.8, 4) is 0 Å². The van der Waals surface area contributed by atoms with E-state index in [2.05, 4.69) is 4.72 Å². The van der Waals surface area contributed by atoms with Gasteiger partial charge in [0.2, 0.25) is 15.9 Å². The minimum absolute atomic E-state index is 0.0469. The maximum absolute atomic E-state index is 12.5. The number of carbonyl (C=O) groups excluding carboxylic acids is 1. The van der Waals surface area contributed by atoms with E-state index in [4.69, 9.17) is 4.74 Å². The summed E-state index contributed by atoms with van der Waals surface area (Å²) in [6, 6.07) is -0.680. The van der Waals surface area contributed by atoms with Crippen LogP contribution < -0.4 is 4.72 Å². The summed E-state index contributed by atoms with van der Waals surface area (Å²) in [7, 11) is -3.40. The van der Waals surface area contributed by atoms with Gasteiger partial charge in [-0.3, -0.25) is 4.79 Å². The highest BCUT2D eigenvalue weighted by Crippen LogP contribution is 2.13. The minimum Gasteiger partial charge on any atom is -0.375 e. The second-order valence-electron chi connectivity index (χ2n) is 5.76. The number of ether oxygens (including phenoxy) is 1. The van der Waals surface area contributed by atoms with Gasteiger partial charge in [0.15, 0.2) is 0 Å². The molecule has 0 aromatic carbocycles. The summed E-state index contributed by atoms with van der Waals surface area (Å²) in [6.07, 6.45) is 2.48. The Balaban J connectivity index is 2.76. The van der Waals surface area contributed by atoms with Crippen molar-refractivity contribution in [3.05, 3.63) is 0 Å². The zero-order valence-electron chi connectivity index (χ0n) is 12.8. The normalized spacial score (nSPS) is 22.1. The lowest BCUT2D eigenvalue weighted by molar-refractivity contribution is -0.141. The van der Waals surface area contributed by atoms with Gasteiger partial charge in [0, 0.05) is 13.1 Å². The number of amides is 1. The van der Waals surface area contributed by atoms with Gasteiger partial charge in [-0.15, -0.1) is 0 Å². The zero-order chi connectivity index (χ0) is 15.3. The van der Waals surface area contributed by atoms with E-state index in [9.17, 15) is 13.2 Å². The van der Waals surface area contributed by atoms with Gasteiger partial charge in [-0.05, 0) is 18.8 Å². The first-order valence-corrected chi connectivity index (χ1v) is 8.99. The van der Waals surface area contributed by atoms with Crippen LogP contribution in [0.5, 0.6) is 0 Å². The fourth-order valence-corrected chi connectivity index (χ4v) is 3.03. The summed E-state index contributed by atoms with van der Waals surface area (Å²) in [4.78, 5) is 14.2. The molecule has 6 nitrogen and oxygen atoms in total. The molecule has 0 aromatic heterocycles. The highest BCUT2D eigenvalue weighted by atomic mass is 32.2. The van der Waals surface area contributed by atoms with Crippen molar-refractivity contribution in [2.45, 2.75) is 45.8 Å². The van der Waals surface area contributed by atoms with Crippen LogP contribution in [0.15, 0.2) is 0 Å². The lowest BCUT2D eigenvalue weighted by Gasteiger charge is -2.35. The predicted molar refractivity (Wildman–Crippen MR) is 77.8 cm³/mol. The Hall–Kier alpha value is -0.660. The largest absolute Gasteiger partial charge is 0.375 e. The molecule has 1 aliphatic rings. The Bertz CT molecular complexity index is 422. The van der Waals surface area contributed by atoms with Gasteiger partial charge in [-0.2, -0.15) is 0 Å². The van der Waals surface area contributed by atoms with Crippen molar-refractivity contribution < 1.29 is 17.9 Å². The molecule has 0 spiro atoms. The first kappa shape index (κ1) is 17.4. The molecule has 0 aromatic rings. The summed E-state index contributed by atoms with van der Waals surface area (Å²) in [5.41, 5.74) is 0. The first-order valence-electron chi connectivity index (χ1n) is 7.10. The summed E-state index contributed by atoms with van der Waals surface area (Å²) >= 11 is 0. The maximum atomic E-state index is 12.5. The summed E-state index contributed by atoms with van der Waals surface area (Å²) in [5.74, 6) is 0.0899. The molecule has 1 amide bonds. The van der Waals surface area contributed by atoms with Crippen LogP contribution in [0.1, 0.15) is 33.6 Å². The van der Waals surface area contributed by atoms with Crippen LogP contribution in [0.2, 0.25) is 0 Å². The topological polar surface area (TPSA) is 75.7 Å². The van der Waals surface area contributed by atoms with Crippen LogP contribution >= 0.6 is 0 Å². The third-order valence-electron chi connectivity index (χ3n) is 3.27. The standard InChI is InChI=1S/C13H26N2O4S/c1-5-11-9-15(6-7-19-11)13(16)12(8-10(2)3)14-20(4,17)18/h10-12,14H,5-9H2,1-4H3/t11-,12+/m1/s1. The fraction of sp³-hybridized carbons (Fsp3) is 0.923. The number of hydrogen-bond acceptors (Lipinski definition) is 4. The molecular formula is C13H26N2O4S. The SMILES string of the molecule is CC[C@@H]1CN(C(=O)[C@H](CC(C)C)NS(C)(=O)=O)CCO1. The van der Waals surface area contributed by atoms with Crippen LogP contribution in [0.4, 0.5) is 0 Å². The molecule has 1 N–H and O–H groups in total. The van der Waals surface area contributed by atoms with E-state index in [0.717, 1.165) is 12.7 Å². The van der Waals surface area contributed by atoms with E-state index in [-0.39, 0.29) is 17.9 Å². The molecule has 1 fully saturated rings. The van der Waals surface area contributed by atoms with Gasteiger partial charge in [0.1, 0.15) is 6.04 Å². The zero-order valence-corrected chi connectivity index (χ0v) is 13.6. The molecule has 20 heavy (non-hydrogen) atoms. The molecule has 118 valence electrons. The quantitative estimate of drug-likeness (QED) is 0.779. The molecule has 0 bridgehead atoms. The van der Waals surface area contributed by atoms with Gasteiger partial charge >= 0.3 is 0 Å². The van der Waals surface area contributed by atoms with E-state index in [0.29, 0.717) is 26.1 Å². The third kappa shape index (κ3) is 5.76. The van der Waals surface area contributed by atoms with E-state index < -0.39 is 16.1 Å². The molecule has 1 rings (SSSR count). The van der Waals surface area contributed by atoms with Crippen LogP contribution in [0.3, 0.4) is 0 Å². The molecular weight excluding hydrogens is 280 g/mol. The summed E-state index contributed by atoms with van der Waals surface area (Å²) in [6.45, 7) is 7.53. The van der Waals surface area contributed by atoms with Crippen molar-refractivity contribution in [2.75, 3.05) is 26.0 Å². The Morgan fingerprint density at radius 1 is 1.45 bits per heavy atom. The first-order chi connectivity index (χ1) is 9.23. The molecule has 1 aliphatic heterocycles. The second kappa shape index (κ2) is 7.38. The monoisotopic (exact) mass is 306 g/mol. The van der Waals surface area contributed by atoms with Crippen LogP contribution in [0, 0.1) is 5.92 Å². The van der Waals surface area contributed by atoms with Crippen molar-refractivity contribution in [2.24, 2.45) is 5.92 Å². The van der Waals surface area contributed by atoms with Crippen LogP contribution in [0.25, 0.3) is 0 Å². The number of morpholine rings is 1. The Morgan fingerprint density at radius 2 is 2.10 bits per heavy atom. The van der Waals surface area contributed by atoms with E-state index in [1.165, 1.54) is 0 Å². The Labute approximate surface area is 121 Å². The molecule has 0 aliphatic carbocycles. The van der Waals surface area contributed by atoms with E-state index in [1.807, 2.05) is 20.8 Å². The Morgan fingerprint density at radius 3 is 2.60 bits per heavy atom. The van der Waals surface area contributed by atoms with Gasteiger partial charge in [0.05, 0.1) is 19.0 Å². The molecule has 2 atom stereocenters. The molecule has 1 saturated heterocycles. The van der Waals surface area contributed by atoms with Crippen molar-refractivity contribution in [1.29, 1.82) is 0 Å². The third-order valence-corrected chi connectivity index (χ3v) is 3.98. The van der Waals surface area contributed by atoms with Crippen molar-refractivity contribution >= 4 is 15.9 Å². The molecule has 0 saturated carbocycles. The van der Waals surface area contributed by atoms with Gasteiger partial charge in [-0.1, -0.05) is 20.8 Å². The molecule has 7 heteroatoms. The molecule has 0 unspecified atom stereocenters. The number of hydrogen-bond donors (Lipinski definition) is 1. The number of nitrogens with zero attached hydrogens (tertiary/aromatic N) is 1. The van der Waals surface area contributed by atoms with Crippen LogP contribution in [-0.4, -0.2) is 57.3 Å². The summed E-state index contributed by atoms with van der Waals surface area (Å²) < 4.78 is 30.8. The fourth-order valence-electron chi connectivity index (χ4n) is 2.32. The maximum Gasteiger partial charge on any atom is 0.240 e. The lowest BCUT2D eigenvalue weighted by atomic mass is 10.0. The van der Waals surface area contributed by atoms with E-state index >= 15 is 0 Å². The average Bonchev–Trinajstić information content (AvgIpc) is 2.35. The average molecular weight is 306 g/mol. The molecule has 0 radical (unpaired) electrons. The smallest absolute Gasteiger partial charge is 0.240 e. The molecule has 1 heterocycles. The second-order valence-corrected chi connectivity index (χ2v) is 7.54. The summed E-state index contributed by atoms with van der Waals surface area (Å²) in [5, 5.41) is 0. The number of carbonyl (C=O) groups is 1.